The van der Waals surface area contributed by atoms with E-state index in [-0.39, 0.29) is 5.92 Å². The van der Waals surface area contributed by atoms with Crippen LogP contribution >= 0.6 is 0 Å². The SMILES string of the molecule is CC12CN3CC(CC(C#N)(C3)C1O)C2O. The van der Waals surface area contributed by atoms with Crippen LogP contribution in [0.2, 0.25) is 0 Å². The van der Waals surface area contributed by atoms with Crippen molar-refractivity contribution in [2.24, 2.45) is 16.7 Å². The predicted octanol–water partition coefficient (Wildman–Crippen LogP) is -0.426. The summed E-state index contributed by atoms with van der Waals surface area (Å²) in [5.41, 5.74) is -1.13. The van der Waals surface area contributed by atoms with Crippen LogP contribution in [0.25, 0.3) is 0 Å². The zero-order chi connectivity index (χ0) is 10.8. The lowest BCUT2D eigenvalue weighted by Crippen LogP contribution is -2.75. The van der Waals surface area contributed by atoms with Gasteiger partial charge in [-0.15, -0.1) is 0 Å². The lowest BCUT2D eigenvalue weighted by Gasteiger charge is -2.64. The Labute approximate surface area is 89.1 Å². The maximum Gasteiger partial charge on any atom is 0.0969 e. The second-order valence-electron chi connectivity index (χ2n) is 5.75. The van der Waals surface area contributed by atoms with Gasteiger partial charge in [-0.25, -0.2) is 0 Å². The van der Waals surface area contributed by atoms with E-state index < -0.39 is 23.0 Å². The average Bonchev–Trinajstić information content (AvgIpc) is 2.22. The molecule has 0 radical (unpaired) electrons. The molecule has 3 saturated heterocycles. The molecule has 4 rings (SSSR count). The summed E-state index contributed by atoms with van der Waals surface area (Å²) in [6.07, 6.45) is -0.485. The van der Waals surface area contributed by atoms with E-state index in [1.165, 1.54) is 0 Å². The van der Waals surface area contributed by atoms with Gasteiger partial charge in [0, 0.05) is 25.0 Å². The molecule has 4 fully saturated rings. The van der Waals surface area contributed by atoms with Crippen LogP contribution in [0.3, 0.4) is 0 Å². The van der Waals surface area contributed by atoms with Crippen molar-refractivity contribution in [3.8, 4) is 6.07 Å². The van der Waals surface area contributed by atoms with E-state index in [0.29, 0.717) is 13.0 Å². The molecule has 4 aliphatic rings. The topological polar surface area (TPSA) is 67.5 Å². The molecular formula is C11H16N2O2. The molecule has 4 bridgehead atoms. The van der Waals surface area contributed by atoms with Crippen molar-refractivity contribution in [3.05, 3.63) is 0 Å². The first-order valence-corrected chi connectivity index (χ1v) is 5.52. The summed E-state index contributed by atoms with van der Waals surface area (Å²) in [5, 5.41) is 29.8. The minimum absolute atomic E-state index is 0.167. The zero-order valence-corrected chi connectivity index (χ0v) is 8.85. The Bertz CT molecular complexity index is 353. The Hall–Kier alpha value is -0.630. The summed E-state index contributed by atoms with van der Waals surface area (Å²) in [6, 6.07) is 2.30. The molecule has 4 heteroatoms. The molecule has 3 aliphatic heterocycles. The van der Waals surface area contributed by atoms with Crippen LogP contribution < -0.4 is 0 Å². The summed E-state index contributed by atoms with van der Waals surface area (Å²) in [4.78, 5) is 2.22. The Balaban J connectivity index is 2.10. The zero-order valence-electron chi connectivity index (χ0n) is 8.85. The molecule has 15 heavy (non-hydrogen) atoms. The van der Waals surface area contributed by atoms with E-state index in [4.69, 9.17) is 0 Å². The van der Waals surface area contributed by atoms with Crippen LogP contribution in [0.4, 0.5) is 0 Å². The molecule has 0 aromatic heterocycles. The summed E-state index contributed by atoms with van der Waals surface area (Å²) in [6.45, 7) is 4.18. The largest absolute Gasteiger partial charge is 0.392 e. The number of nitriles is 1. The van der Waals surface area contributed by atoms with Gasteiger partial charge in [-0.3, -0.25) is 0 Å². The quantitative estimate of drug-likeness (QED) is 0.567. The van der Waals surface area contributed by atoms with Gasteiger partial charge in [-0.05, 0) is 12.3 Å². The fourth-order valence-corrected chi connectivity index (χ4v) is 4.06. The molecule has 82 valence electrons. The molecule has 3 heterocycles. The first-order chi connectivity index (χ1) is 7.02. The molecule has 2 N–H and O–H groups in total. The van der Waals surface area contributed by atoms with Crippen molar-refractivity contribution in [2.45, 2.75) is 25.6 Å². The van der Waals surface area contributed by atoms with Gasteiger partial charge in [-0.2, -0.15) is 5.26 Å². The molecule has 0 aromatic rings. The fraction of sp³-hybridized carbons (Fsp3) is 0.909. The minimum atomic E-state index is -0.683. The number of piperidine rings is 3. The van der Waals surface area contributed by atoms with Crippen molar-refractivity contribution >= 4 is 0 Å². The molecule has 4 nitrogen and oxygen atoms in total. The highest BCUT2D eigenvalue weighted by Gasteiger charge is 2.66. The number of nitrogens with zero attached hydrogens (tertiary/aromatic N) is 2. The molecule has 6 atom stereocenters. The van der Waals surface area contributed by atoms with Crippen LogP contribution in [0.1, 0.15) is 13.3 Å². The summed E-state index contributed by atoms with van der Waals surface area (Å²) in [7, 11) is 0. The van der Waals surface area contributed by atoms with Crippen LogP contribution in [0, 0.1) is 28.1 Å². The molecule has 0 spiro atoms. The molecule has 1 saturated carbocycles. The lowest BCUT2D eigenvalue weighted by atomic mass is 9.51. The van der Waals surface area contributed by atoms with Crippen molar-refractivity contribution < 1.29 is 10.2 Å². The van der Waals surface area contributed by atoms with Crippen LogP contribution in [-0.2, 0) is 0 Å². The van der Waals surface area contributed by atoms with Gasteiger partial charge in [0.25, 0.3) is 0 Å². The van der Waals surface area contributed by atoms with E-state index in [2.05, 4.69) is 11.0 Å². The smallest absolute Gasteiger partial charge is 0.0969 e. The number of aliphatic hydroxyl groups excluding tert-OH is 2. The van der Waals surface area contributed by atoms with Crippen molar-refractivity contribution in [1.29, 1.82) is 5.26 Å². The molecule has 1 aliphatic carbocycles. The second-order valence-corrected chi connectivity index (χ2v) is 5.75. The van der Waals surface area contributed by atoms with E-state index in [0.717, 1.165) is 13.1 Å². The van der Waals surface area contributed by atoms with Gasteiger partial charge in [0.1, 0.15) is 0 Å². The standard InChI is InChI=1S/C11H16N2O2/c1-10-5-13-3-7(8(10)14)2-11(4-12,6-13)9(10)15/h7-9,14-15H,2-3,5-6H2,1H3. The van der Waals surface area contributed by atoms with Gasteiger partial charge in [0.2, 0.25) is 0 Å². The normalized spacial score (nSPS) is 61.7. The number of rotatable bonds is 0. The monoisotopic (exact) mass is 208 g/mol. The van der Waals surface area contributed by atoms with Crippen molar-refractivity contribution in [1.82, 2.24) is 4.90 Å². The van der Waals surface area contributed by atoms with Gasteiger partial charge in [-0.1, -0.05) is 6.92 Å². The third-order valence-electron chi connectivity index (χ3n) is 4.68. The number of hydrogen-bond acceptors (Lipinski definition) is 4. The molecular weight excluding hydrogens is 192 g/mol. The van der Waals surface area contributed by atoms with Gasteiger partial charge in [0.15, 0.2) is 0 Å². The van der Waals surface area contributed by atoms with Crippen LogP contribution in [-0.4, -0.2) is 47.0 Å². The summed E-state index contributed by atoms with van der Waals surface area (Å²) >= 11 is 0. The fourth-order valence-electron chi connectivity index (χ4n) is 4.06. The third kappa shape index (κ3) is 0.919. The maximum absolute atomic E-state index is 10.3. The first-order valence-electron chi connectivity index (χ1n) is 5.52. The lowest BCUT2D eigenvalue weighted by molar-refractivity contribution is -0.243. The van der Waals surface area contributed by atoms with E-state index in [1.807, 2.05) is 6.92 Å². The number of hydrogen-bond donors (Lipinski definition) is 2. The van der Waals surface area contributed by atoms with E-state index >= 15 is 0 Å². The minimum Gasteiger partial charge on any atom is -0.392 e. The summed E-state index contributed by atoms with van der Waals surface area (Å²) in [5.74, 6) is 0.167. The number of aliphatic hydroxyl groups is 2. The van der Waals surface area contributed by atoms with Crippen molar-refractivity contribution in [3.63, 3.8) is 0 Å². The molecule has 0 amide bonds. The van der Waals surface area contributed by atoms with E-state index in [9.17, 15) is 15.5 Å². The third-order valence-corrected chi connectivity index (χ3v) is 4.68. The van der Waals surface area contributed by atoms with Crippen LogP contribution in [0.5, 0.6) is 0 Å². The Morgan fingerprint density at radius 2 is 2.13 bits per heavy atom. The summed E-state index contributed by atoms with van der Waals surface area (Å²) < 4.78 is 0. The molecule has 0 aromatic carbocycles. The highest BCUT2D eigenvalue weighted by molar-refractivity contribution is 5.22. The van der Waals surface area contributed by atoms with Gasteiger partial charge < -0.3 is 15.1 Å². The second kappa shape index (κ2) is 2.54. The molecule has 6 unspecified atom stereocenters. The Kier molecular flexibility index (Phi) is 1.62. The highest BCUT2D eigenvalue weighted by atomic mass is 16.3. The Morgan fingerprint density at radius 3 is 2.80 bits per heavy atom. The Morgan fingerprint density at radius 1 is 1.40 bits per heavy atom. The maximum atomic E-state index is 10.3. The van der Waals surface area contributed by atoms with Gasteiger partial charge in [0.05, 0.1) is 23.7 Å². The van der Waals surface area contributed by atoms with E-state index in [1.54, 1.807) is 0 Å². The highest BCUT2D eigenvalue weighted by Crippen LogP contribution is 2.56. The van der Waals surface area contributed by atoms with Gasteiger partial charge >= 0.3 is 0 Å². The average molecular weight is 208 g/mol. The van der Waals surface area contributed by atoms with Crippen LogP contribution in [0.15, 0.2) is 0 Å². The van der Waals surface area contributed by atoms with Crippen molar-refractivity contribution in [2.75, 3.05) is 19.6 Å². The predicted molar refractivity (Wildman–Crippen MR) is 52.7 cm³/mol. The first kappa shape index (κ1) is 9.59.